The molecule has 0 aromatic heterocycles. The van der Waals surface area contributed by atoms with Gasteiger partial charge in [-0.3, -0.25) is 0 Å². The van der Waals surface area contributed by atoms with Crippen molar-refractivity contribution >= 4 is 11.7 Å². The molecule has 1 aromatic carbocycles. The Morgan fingerprint density at radius 2 is 1.65 bits per heavy atom. The molecule has 4 fully saturated rings. The molecule has 4 saturated carbocycles. The molecule has 4 aliphatic carbocycles. The lowest BCUT2D eigenvalue weighted by Crippen LogP contribution is -2.43. The van der Waals surface area contributed by atoms with Gasteiger partial charge in [-0.05, 0) is 79.4 Å². The molecule has 106 valence electrons. The van der Waals surface area contributed by atoms with Crippen molar-refractivity contribution < 1.29 is 9.90 Å². The number of aromatic carboxylic acids is 1. The van der Waals surface area contributed by atoms with Gasteiger partial charge in [0, 0.05) is 5.69 Å². The molecule has 0 amide bonds. The Hall–Kier alpha value is -1.51. The van der Waals surface area contributed by atoms with Gasteiger partial charge in [0.2, 0.25) is 0 Å². The van der Waals surface area contributed by atoms with Crippen LogP contribution in [0, 0.1) is 23.7 Å². The molecule has 0 unspecified atom stereocenters. The normalized spacial score (nSPS) is 38.1. The van der Waals surface area contributed by atoms with E-state index in [1.54, 1.807) is 6.07 Å². The lowest BCUT2D eigenvalue weighted by atomic mass is 9.50. The second-order valence-electron chi connectivity index (χ2n) is 7.11. The second-order valence-corrected chi connectivity index (χ2v) is 7.11. The molecular formula is C17H21NO2. The van der Waals surface area contributed by atoms with E-state index in [-0.39, 0.29) is 5.56 Å². The average molecular weight is 271 g/mol. The number of hydrogen-bond acceptors (Lipinski definition) is 2. The quantitative estimate of drug-likeness (QED) is 0.809. The molecule has 5 rings (SSSR count). The minimum atomic E-state index is -0.909. The van der Waals surface area contributed by atoms with Gasteiger partial charge in [-0.1, -0.05) is 6.07 Å². The van der Waals surface area contributed by atoms with Crippen LogP contribution < -0.4 is 5.73 Å². The van der Waals surface area contributed by atoms with Crippen molar-refractivity contribution in [2.75, 3.05) is 5.73 Å². The Morgan fingerprint density at radius 3 is 2.20 bits per heavy atom. The molecule has 0 radical (unpaired) electrons. The van der Waals surface area contributed by atoms with E-state index in [1.807, 2.05) is 6.07 Å². The molecule has 0 aliphatic heterocycles. The van der Waals surface area contributed by atoms with Crippen LogP contribution in [0.3, 0.4) is 0 Å². The molecular weight excluding hydrogens is 250 g/mol. The summed E-state index contributed by atoms with van der Waals surface area (Å²) in [5.41, 5.74) is 7.65. The Morgan fingerprint density at radius 1 is 1.05 bits per heavy atom. The van der Waals surface area contributed by atoms with Gasteiger partial charge in [-0.25, -0.2) is 4.79 Å². The number of hydrogen-bond donors (Lipinski definition) is 2. The fraction of sp³-hybridized carbons (Fsp3) is 0.588. The number of nitrogens with two attached hydrogens (primary N) is 1. The van der Waals surface area contributed by atoms with Crippen molar-refractivity contribution in [2.45, 2.75) is 38.0 Å². The smallest absolute Gasteiger partial charge is 0.337 e. The van der Waals surface area contributed by atoms with E-state index in [9.17, 15) is 9.90 Å². The first-order valence-corrected chi connectivity index (χ1v) is 7.74. The van der Waals surface area contributed by atoms with Crippen molar-refractivity contribution in [1.82, 2.24) is 0 Å². The summed E-state index contributed by atoms with van der Waals surface area (Å²) in [6, 6.07) is 5.68. The van der Waals surface area contributed by atoms with Crippen molar-refractivity contribution in [2.24, 2.45) is 23.7 Å². The van der Waals surface area contributed by atoms with Gasteiger partial charge in [0.05, 0.1) is 5.56 Å². The summed E-state index contributed by atoms with van der Waals surface area (Å²) in [6.45, 7) is 0. The third-order valence-electron chi connectivity index (χ3n) is 5.92. The Kier molecular flexibility index (Phi) is 2.60. The zero-order chi connectivity index (χ0) is 13.9. The first kappa shape index (κ1) is 12.2. The third-order valence-corrected chi connectivity index (χ3v) is 5.92. The highest BCUT2D eigenvalue weighted by molar-refractivity contribution is 5.93. The van der Waals surface area contributed by atoms with Gasteiger partial charge in [0.1, 0.15) is 0 Å². The standard InChI is InChI=1S/C17H21NO2/c18-15-2-1-11(8-14(15)17(19)20)16-12-4-9-3-10(6-12)7-13(16)5-9/h1-2,8-10,12-13,16H,3-7,18H2,(H,19,20). The van der Waals surface area contributed by atoms with Gasteiger partial charge >= 0.3 is 5.97 Å². The Labute approximate surface area is 119 Å². The van der Waals surface area contributed by atoms with E-state index in [1.165, 1.54) is 37.7 Å². The zero-order valence-corrected chi connectivity index (χ0v) is 11.6. The highest BCUT2D eigenvalue weighted by Gasteiger charge is 2.48. The maximum atomic E-state index is 11.3. The first-order valence-electron chi connectivity index (χ1n) is 7.74. The monoisotopic (exact) mass is 271 g/mol. The van der Waals surface area contributed by atoms with Crippen molar-refractivity contribution in [1.29, 1.82) is 0 Å². The number of rotatable bonds is 2. The molecule has 0 heterocycles. The molecule has 3 N–H and O–H groups in total. The molecule has 0 spiro atoms. The summed E-state index contributed by atoms with van der Waals surface area (Å²) in [6.07, 6.45) is 6.85. The van der Waals surface area contributed by atoms with Crippen LogP contribution in [0.2, 0.25) is 0 Å². The van der Waals surface area contributed by atoms with Gasteiger partial charge in [-0.15, -0.1) is 0 Å². The summed E-state index contributed by atoms with van der Waals surface area (Å²) in [5, 5.41) is 9.26. The minimum Gasteiger partial charge on any atom is -0.478 e. The van der Waals surface area contributed by atoms with Gasteiger partial charge in [-0.2, -0.15) is 0 Å². The van der Waals surface area contributed by atoms with E-state index in [4.69, 9.17) is 5.73 Å². The third kappa shape index (κ3) is 1.75. The van der Waals surface area contributed by atoms with Crippen LogP contribution in [0.25, 0.3) is 0 Å². The van der Waals surface area contributed by atoms with Crippen LogP contribution in [0.15, 0.2) is 18.2 Å². The van der Waals surface area contributed by atoms with E-state index >= 15 is 0 Å². The number of carbonyl (C=O) groups is 1. The van der Waals surface area contributed by atoms with Crippen LogP contribution in [-0.4, -0.2) is 11.1 Å². The van der Waals surface area contributed by atoms with Gasteiger partial charge in [0.25, 0.3) is 0 Å². The number of carboxylic acid groups (broad SMARTS) is 1. The summed E-state index contributed by atoms with van der Waals surface area (Å²) in [4.78, 5) is 11.3. The number of nitrogen functional groups attached to an aromatic ring is 1. The largest absolute Gasteiger partial charge is 0.478 e. The molecule has 1 aromatic rings. The topological polar surface area (TPSA) is 63.3 Å². The summed E-state index contributed by atoms with van der Waals surface area (Å²) >= 11 is 0. The van der Waals surface area contributed by atoms with Gasteiger partial charge < -0.3 is 10.8 Å². The Bertz CT molecular complexity index is 538. The van der Waals surface area contributed by atoms with E-state index in [0.29, 0.717) is 11.6 Å². The van der Waals surface area contributed by atoms with Crippen molar-refractivity contribution in [3.63, 3.8) is 0 Å². The highest BCUT2D eigenvalue weighted by Crippen LogP contribution is 2.59. The molecule has 0 saturated heterocycles. The fourth-order valence-electron chi connectivity index (χ4n) is 5.44. The molecule has 20 heavy (non-hydrogen) atoms. The van der Waals surface area contributed by atoms with Crippen LogP contribution in [0.5, 0.6) is 0 Å². The minimum absolute atomic E-state index is 0.274. The van der Waals surface area contributed by atoms with Crippen LogP contribution in [0.1, 0.15) is 53.9 Å². The predicted octanol–water partition coefficient (Wildman–Crippen LogP) is 3.51. The maximum absolute atomic E-state index is 11.3. The van der Waals surface area contributed by atoms with Crippen molar-refractivity contribution in [3.05, 3.63) is 29.3 Å². The highest BCUT2D eigenvalue weighted by atomic mass is 16.4. The SMILES string of the molecule is Nc1ccc(C2C3CC4CC(C3)CC2C4)cc1C(=O)O. The number of carboxylic acids is 1. The predicted molar refractivity (Wildman–Crippen MR) is 77.6 cm³/mol. The molecule has 0 atom stereocenters. The second kappa shape index (κ2) is 4.24. The van der Waals surface area contributed by atoms with Crippen LogP contribution >= 0.6 is 0 Å². The average Bonchev–Trinajstić information content (AvgIpc) is 2.38. The maximum Gasteiger partial charge on any atom is 0.337 e. The van der Waals surface area contributed by atoms with Gasteiger partial charge in [0.15, 0.2) is 0 Å². The molecule has 3 heteroatoms. The number of anilines is 1. The molecule has 4 aliphatic rings. The lowest BCUT2D eigenvalue weighted by molar-refractivity contribution is -0.00281. The summed E-state index contributed by atoms with van der Waals surface area (Å²) in [7, 11) is 0. The van der Waals surface area contributed by atoms with Crippen LogP contribution in [0.4, 0.5) is 5.69 Å². The van der Waals surface area contributed by atoms with Crippen LogP contribution in [-0.2, 0) is 0 Å². The van der Waals surface area contributed by atoms with E-state index in [0.717, 1.165) is 23.7 Å². The Balaban J connectivity index is 1.71. The zero-order valence-electron chi connectivity index (χ0n) is 11.6. The number of benzene rings is 1. The lowest BCUT2D eigenvalue weighted by Gasteiger charge is -2.54. The van der Waals surface area contributed by atoms with E-state index in [2.05, 4.69) is 6.07 Å². The van der Waals surface area contributed by atoms with E-state index < -0.39 is 5.97 Å². The first-order chi connectivity index (χ1) is 9.61. The summed E-state index contributed by atoms with van der Waals surface area (Å²) in [5.74, 6) is 3.10. The van der Waals surface area contributed by atoms with Crippen molar-refractivity contribution in [3.8, 4) is 0 Å². The fourth-order valence-corrected chi connectivity index (χ4v) is 5.44. The summed E-state index contributed by atoms with van der Waals surface area (Å²) < 4.78 is 0. The molecule has 4 bridgehead atoms. The molecule has 3 nitrogen and oxygen atoms in total.